The number of carbonyl (C=O) groups excluding carboxylic acids is 1. The van der Waals surface area contributed by atoms with Gasteiger partial charge < -0.3 is 14.9 Å². The van der Waals surface area contributed by atoms with Crippen LogP contribution in [-0.2, 0) is 17.6 Å². The second-order valence-electron chi connectivity index (χ2n) is 6.22. The Balaban J connectivity index is 1.58. The van der Waals surface area contributed by atoms with Crippen LogP contribution in [-0.4, -0.2) is 36.9 Å². The largest absolute Gasteiger partial charge is 0.476 e. The zero-order valence-electron chi connectivity index (χ0n) is 15.5. The fraction of sp³-hybridized carbons (Fsp3) is 0.316. The number of hydrogen-bond acceptors (Lipinski definition) is 6. The number of para-hydroxylation sites is 2. The normalized spacial score (nSPS) is 10.8. The lowest BCUT2D eigenvalue weighted by molar-refractivity contribution is -0.116. The molecule has 1 amide bonds. The first-order valence-electron chi connectivity index (χ1n) is 9.06. The van der Waals surface area contributed by atoms with Crippen molar-refractivity contribution in [2.75, 3.05) is 5.32 Å². The number of amides is 1. The molecule has 2 heterocycles. The molecule has 0 aliphatic rings. The lowest BCUT2D eigenvalue weighted by Gasteiger charge is -2.10. The lowest BCUT2D eigenvalue weighted by atomic mass is 10.2. The van der Waals surface area contributed by atoms with Crippen molar-refractivity contribution in [1.82, 2.24) is 19.9 Å². The molecule has 1 aromatic carbocycles. The molecule has 0 aliphatic heterocycles. The lowest BCUT2D eigenvalue weighted by Crippen LogP contribution is -2.14. The molecule has 0 unspecified atom stereocenters. The SMILES string of the molecule is CCCc1noc(CCCC(=O)Nc2ccccc2-n2ccc(C(=O)O)n2)n1. The van der Waals surface area contributed by atoms with Crippen molar-refractivity contribution in [3.8, 4) is 5.69 Å². The molecule has 0 spiro atoms. The van der Waals surface area contributed by atoms with Gasteiger partial charge in [-0.3, -0.25) is 4.79 Å². The molecule has 9 heteroatoms. The van der Waals surface area contributed by atoms with Gasteiger partial charge in [0, 0.05) is 25.5 Å². The minimum Gasteiger partial charge on any atom is -0.476 e. The average Bonchev–Trinajstić information content (AvgIpc) is 3.32. The number of carboxylic acids is 1. The molecule has 0 atom stereocenters. The Morgan fingerprint density at radius 1 is 1.21 bits per heavy atom. The van der Waals surface area contributed by atoms with Crippen LogP contribution >= 0.6 is 0 Å². The van der Waals surface area contributed by atoms with Gasteiger partial charge >= 0.3 is 5.97 Å². The van der Waals surface area contributed by atoms with Crippen molar-refractivity contribution in [2.45, 2.75) is 39.0 Å². The number of anilines is 1. The monoisotopic (exact) mass is 383 g/mol. The smallest absolute Gasteiger partial charge is 0.356 e. The van der Waals surface area contributed by atoms with Gasteiger partial charge in [0.15, 0.2) is 11.5 Å². The quantitative estimate of drug-likeness (QED) is 0.582. The van der Waals surface area contributed by atoms with E-state index in [-0.39, 0.29) is 11.6 Å². The van der Waals surface area contributed by atoms with E-state index in [0.717, 1.165) is 12.8 Å². The molecule has 146 valence electrons. The molecule has 0 saturated carbocycles. The number of aromatic nitrogens is 4. The number of hydrogen-bond donors (Lipinski definition) is 2. The summed E-state index contributed by atoms with van der Waals surface area (Å²) in [4.78, 5) is 27.6. The van der Waals surface area contributed by atoms with Crippen LogP contribution in [0.5, 0.6) is 0 Å². The third-order valence-electron chi connectivity index (χ3n) is 4.01. The molecule has 28 heavy (non-hydrogen) atoms. The van der Waals surface area contributed by atoms with Crippen LogP contribution in [0.25, 0.3) is 5.69 Å². The Morgan fingerprint density at radius 3 is 2.79 bits per heavy atom. The first-order chi connectivity index (χ1) is 13.6. The van der Waals surface area contributed by atoms with Crippen molar-refractivity contribution in [3.05, 3.63) is 53.9 Å². The predicted octanol–water partition coefficient (Wildman–Crippen LogP) is 2.87. The van der Waals surface area contributed by atoms with E-state index in [2.05, 4.69) is 20.6 Å². The summed E-state index contributed by atoms with van der Waals surface area (Å²) >= 11 is 0. The van der Waals surface area contributed by atoms with Crippen molar-refractivity contribution < 1.29 is 19.2 Å². The van der Waals surface area contributed by atoms with E-state index < -0.39 is 5.97 Å². The highest BCUT2D eigenvalue weighted by Gasteiger charge is 2.13. The number of nitrogens with one attached hydrogen (secondary N) is 1. The molecular formula is C19H21N5O4. The molecule has 0 fully saturated rings. The molecule has 0 saturated heterocycles. The second kappa shape index (κ2) is 8.94. The van der Waals surface area contributed by atoms with Gasteiger partial charge in [-0.25, -0.2) is 9.48 Å². The van der Waals surface area contributed by atoms with Crippen LogP contribution in [0.1, 0.15) is 48.4 Å². The topological polar surface area (TPSA) is 123 Å². The van der Waals surface area contributed by atoms with Gasteiger partial charge in [-0.15, -0.1) is 0 Å². The van der Waals surface area contributed by atoms with Gasteiger partial charge in [-0.1, -0.05) is 24.2 Å². The first-order valence-corrected chi connectivity index (χ1v) is 9.06. The van der Waals surface area contributed by atoms with E-state index in [0.29, 0.717) is 42.4 Å². The Bertz CT molecular complexity index is 963. The summed E-state index contributed by atoms with van der Waals surface area (Å²) in [6.45, 7) is 2.05. The van der Waals surface area contributed by atoms with Crippen LogP contribution in [0.3, 0.4) is 0 Å². The summed E-state index contributed by atoms with van der Waals surface area (Å²) in [6.07, 6.45) is 4.67. The summed E-state index contributed by atoms with van der Waals surface area (Å²) in [5, 5.41) is 19.8. The van der Waals surface area contributed by atoms with Crippen molar-refractivity contribution in [1.29, 1.82) is 0 Å². The summed E-state index contributed by atoms with van der Waals surface area (Å²) in [5.41, 5.74) is 1.07. The fourth-order valence-corrected chi connectivity index (χ4v) is 2.68. The average molecular weight is 383 g/mol. The first kappa shape index (κ1) is 19.3. The third kappa shape index (κ3) is 4.81. The number of rotatable bonds is 9. The minimum atomic E-state index is -1.11. The number of nitrogens with zero attached hydrogens (tertiary/aromatic N) is 4. The van der Waals surface area contributed by atoms with Crippen molar-refractivity contribution >= 4 is 17.6 Å². The molecule has 3 rings (SSSR count). The Labute approximate surface area is 161 Å². The number of benzene rings is 1. The highest BCUT2D eigenvalue weighted by atomic mass is 16.5. The van der Waals surface area contributed by atoms with E-state index in [1.165, 1.54) is 16.9 Å². The number of aryl methyl sites for hydroxylation is 2. The minimum absolute atomic E-state index is 0.0665. The number of carbonyl (C=O) groups is 2. The fourth-order valence-electron chi connectivity index (χ4n) is 2.68. The zero-order chi connectivity index (χ0) is 19.9. The molecule has 2 aromatic heterocycles. The van der Waals surface area contributed by atoms with E-state index in [4.69, 9.17) is 9.63 Å². The van der Waals surface area contributed by atoms with Crippen LogP contribution in [0, 0.1) is 0 Å². The van der Waals surface area contributed by atoms with Gasteiger partial charge in [0.1, 0.15) is 0 Å². The van der Waals surface area contributed by atoms with Crippen LogP contribution < -0.4 is 5.32 Å². The van der Waals surface area contributed by atoms with Crippen molar-refractivity contribution in [2.24, 2.45) is 0 Å². The summed E-state index contributed by atoms with van der Waals surface area (Å²) < 4.78 is 6.59. The number of carboxylic acid groups (broad SMARTS) is 1. The second-order valence-corrected chi connectivity index (χ2v) is 6.22. The Kier molecular flexibility index (Phi) is 6.15. The van der Waals surface area contributed by atoms with Gasteiger partial charge in [0.25, 0.3) is 0 Å². The van der Waals surface area contributed by atoms with Crippen LogP contribution in [0.4, 0.5) is 5.69 Å². The highest BCUT2D eigenvalue weighted by molar-refractivity contribution is 5.92. The number of aromatic carboxylic acids is 1. The van der Waals surface area contributed by atoms with E-state index >= 15 is 0 Å². The van der Waals surface area contributed by atoms with Gasteiger partial charge in [0.05, 0.1) is 11.4 Å². The highest BCUT2D eigenvalue weighted by Crippen LogP contribution is 2.20. The van der Waals surface area contributed by atoms with E-state index in [1.54, 1.807) is 24.3 Å². The Morgan fingerprint density at radius 2 is 2.04 bits per heavy atom. The van der Waals surface area contributed by atoms with Gasteiger partial charge in [0.2, 0.25) is 11.8 Å². The Hall–Kier alpha value is -3.49. The summed E-state index contributed by atoms with van der Waals surface area (Å²) in [7, 11) is 0. The molecule has 9 nitrogen and oxygen atoms in total. The van der Waals surface area contributed by atoms with E-state index in [1.807, 2.05) is 6.92 Å². The van der Waals surface area contributed by atoms with Crippen LogP contribution in [0.2, 0.25) is 0 Å². The third-order valence-corrected chi connectivity index (χ3v) is 4.01. The summed E-state index contributed by atoms with van der Waals surface area (Å²) in [6, 6.07) is 8.47. The summed E-state index contributed by atoms with van der Waals surface area (Å²) in [5.74, 6) is -0.0417. The van der Waals surface area contributed by atoms with Gasteiger partial charge in [-0.2, -0.15) is 10.1 Å². The molecular weight excluding hydrogens is 362 g/mol. The molecule has 0 radical (unpaired) electrons. The molecule has 0 bridgehead atoms. The maximum absolute atomic E-state index is 12.3. The van der Waals surface area contributed by atoms with E-state index in [9.17, 15) is 9.59 Å². The predicted molar refractivity (Wildman–Crippen MR) is 100 cm³/mol. The van der Waals surface area contributed by atoms with Gasteiger partial charge in [-0.05, 0) is 31.0 Å². The standard InChI is InChI=1S/C19H21N5O4/c1-2-6-16-21-18(28-23-16)10-5-9-17(25)20-13-7-3-4-8-15(13)24-12-11-14(22-24)19(26)27/h3-4,7-8,11-12H,2,5-6,9-10H2,1H3,(H,20,25)(H,26,27). The van der Waals surface area contributed by atoms with Crippen molar-refractivity contribution in [3.63, 3.8) is 0 Å². The van der Waals surface area contributed by atoms with Crippen LogP contribution in [0.15, 0.2) is 41.1 Å². The molecule has 2 N–H and O–H groups in total. The maximum Gasteiger partial charge on any atom is 0.356 e. The molecule has 3 aromatic rings. The molecule has 0 aliphatic carbocycles. The zero-order valence-corrected chi connectivity index (χ0v) is 15.5. The maximum atomic E-state index is 12.3.